The summed E-state index contributed by atoms with van der Waals surface area (Å²) in [7, 11) is 1.36. The third kappa shape index (κ3) is 4.49. The molecule has 3 aromatic rings. The Morgan fingerprint density at radius 2 is 1.66 bits per heavy atom. The van der Waals surface area contributed by atoms with Crippen molar-refractivity contribution >= 4 is 22.7 Å². The first-order valence-electron chi connectivity index (χ1n) is 11.3. The van der Waals surface area contributed by atoms with Crippen LogP contribution in [0.3, 0.4) is 0 Å². The second-order valence-corrected chi connectivity index (χ2v) is 9.63. The van der Waals surface area contributed by atoms with Gasteiger partial charge in [-0.2, -0.15) is 5.10 Å². The van der Waals surface area contributed by atoms with Crippen LogP contribution in [-0.4, -0.2) is 29.6 Å². The number of ether oxygens (including phenoxy) is 1. The van der Waals surface area contributed by atoms with E-state index in [-0.39, 0.29) is 11.1 Å². The third-order valence-corrected chi connectivity index (χ3v) is 7.69. The van der Waals surface area contributed by atoms with E-state index in [1.54, 1.807) is 30.3 Å². The fourth-order valence-electron chi connectivity index (χ4n) is 4.23. The number of carbonyl (C=O) groups excluding carboxylic acids is 1. The monoisotopic (exact) mass is 495 g/mol. The van der Waals surface area contributed by atoms with E-state index in [4.69, 9.17) is 10.5 Å². The van der Waals surface area contributed by atoms with Crippen LogP contribution >= 0.6 is 11.8 Å². The van der Waals surface area contributed by atoms with Gasteiger partial charge in [0.25, 0.3) is 5.91 Å². The van der Waals surface area contributed by atoms with Gasteiger partial charge in [-0.05, 0) is 50.1 Å². The van der Waals surface area contributed by atoms with Crippen molar-refractivity contribution in [2.75, 3.05) is 13.7 Å². The van der Waals surface area contributed by atoms with Crippen molar-refractivity contribution in [1.82, 2.24) is 5.01 Å². The Morgan fingerprint density at radius 1 is 1.03 bits per heavy atom. The zero-order valence-electron chi connectivity index (χ0n) is 19.6. The number of rotatable bonds is 8. The SMILES string of the molecule is CO[C@](C)(C(=O)N1N=C(c2ccccc2F)SC1(CCCN)c1ccccc1)c1ccccc1F. The second kappa shape index (κ2) is 10.3. The second-order valence-electron chi connectivity index (χ2n) is 8.36. The molecule has 3 aromatic carbocycles. The minimum atomic E-state index is -1.68. The Morgan fingerprint density at radius 3 is 2.29 bits per heavy atom. The minimum absolute atomic E-state index is 0.0906. The van der Waals surface area contributed by atoms with E-state index < -0.39 is 28.0 Å². The highest BCUT2D eigenvalue weighted by Crippen LogP contribution is 2.52. The Bertz CT molecular complexity index is 1240. The van der Waals surface area contributed by atoms with Crippen molar-refractivity contribution in [3.63, 3.8) is 0 Å². The standard InChI is InChI=1S/C27H27F2N3O2S/c1-26(34-2,21-14-7-9-16-23(21)29)25(33)32-27(17-10-18-30,19-11-4-3-5-12-19)35-24(31-32)20-13-6-8-15-22(20)28/h3-9,11-16H,10,17-18,30H2,1-2H3/t26-,27?/m0/s1. The predicted molar refractivity (Wildman–Crippen MR) is 135 cm³/mol. The summed E-state index contributed by atoms with van der Waals surface area (Å²) in [5, 5.41) is 6.34. The largest absolute Gasteiger partial charge is 0.364 e. The van der Waals surface area contributed by atoms with Crippen LogP contribution in [-0.2, 0) is 20.0 Å². The fourth-order valence-corrected chi connectivity index (χ4v) is 5.66. The molecule has 2 N–H and O–H groups in total. The molecule has 35 heavy (non-hydrogen) atoms. The molecule has 1 aliphatic rings. The average Bonchev–Trinajstić information content (AvgIpc) is 3.28. The lowest BCUT2D eigenvalue weighted by Gasteiger charge is -2.40. The molecule has 2 atom stereocenters. The van der Waals surface area contributed by atoms with E-state index in [0.717, 1.165) is 5.56 Å². The van der Waals surface area contributed by atoms with Crippen molar-refractivity contribution in [1.29, 1.82) is 0 Å². The topological polar surface area (TPSA) is 67.9 Å². The number of amides is 1. The van der Waals surface area contributed by atoms with Gasteiger partial charge in [-0.25, -0.2) is 13.8 Å². The Hall–Kier alpha value is -3.07. The maximum Gasteiger partial charge on any atom is 0.281 e. The molecule has 0 saturated heterocycles. The lowest BCUT2D eigenvalue weighted by molar-refractivity contribution is -0.158. The van der Waals surface area contributed by atoms with Crippen LogP contribution in [0.2, 0.25) is 0 Å². The van der Waals surface area contributed by atoms with E-state index in [1.165, 1.54) is 49.0 Å². The van der Waals surface area contributed by atoms with Gasteiger partial charge < -0.3 is 10.5 Å². The molecule has 8 heteroatoms. The highest BCUT2D eigenvalue weighted by molar-refractivity contribution is 8.15. The molecule has 1 aliphatic heterocycles. The zero-order valence-corrected chi connectivity index (χ0v) is 20.4. The molecule has 4 rings (SSSR count). The van der Waals surface area contributed by atoms with E-state index in [2.05, 4.69) is 5.10 Å². The van der Waals surface area contributed by atoms with Crippen molar-refractivity contribution in [3.8, 4) is 0 Å². The third-order valence-electron chi connectivity index (χ3n) is 6.24. The van der Waals surface area contributed by atoms with Crippen molar-refractivity contribution in [2.24, 2.45) is 10.8 Å². The highest BCUT2D eigenvalue weighted by atomic mass is 32.2. The number of hydrazone groups is 1. The molecule has 0 aromatic heterocycles. The summed E-state index contributed by atoms with van der Waals surface area (Å²) in [5.74, 6) is -1.58. The lowest BCUT2D eigenvalue weighted by atomic mass is 9.91. The van der Waals surface area contributed by atoms with Gasteiger partial charge in [0.15, 0.2) is 5.60 Å². The molecular formula is C27H27F2N3O2S. The molecule has 1 unspecified atom stereocenters. The summed E-state index contributed by atoms with van der Waals surface area (Å²) < 4.78 is 35.3. The summed E-state index contributed by atoms with van der Waals surface area (Å²) in [6.45, 7) is 1.91. The molecule has 5 nitrogen and oxygen atoms in total. The van der Waals surface area contributed by atoms with Gasteiger partial charge in [0.2, 0.25) is 0 Å². The highest BCUT2D eigenvalue weighted by Gasteiger charge is 2.53. The minimum Gasteiger partial charge on any atom is -0.364 e. The normalized spacial score (nSPS) is 19.3. The van der Waals surface area contributed by atoms with Crippen LogP contribution < -0.4 is 5.73 Å². The number of hydrogen-bond donors (Lipinski definition) is 1. The maximum atomic E-state index is 14.9. The van der Waals surface area contributed by atoms with E-state index in [1.807, 2.05) is 30.3 Å². The number of benzene rings is 3. The summed E-state index contributed by atoms with van der Waals surface area (Å²) in [4.78, 5) is 13.2. The molecule has 0 saturated carbocycles. The molecule has 0 bridgehead atoms. The summed E-state index contributed by atoms with van der Waals surface area (Å²) in [5.41, 5.74) is 5.37. The smallest absolute Gasteiger partial charge is 0.281 e. The summed E-state index contributed by atoms with van der Waals surface area (Å²) in [6.07, 6.45) is 1.03. The first-order valence-corrected chi connectivity index (χ1v) is 12.1. The van der Waals surface area contributed by atoms with Crippen LogP contribution in [0.5, 0.6) is 0 Å². The van der Waals surface area contributed by atoms with Crippen LogP contribution in [0, 0.1) is 11.6 Å². The van der Waals surface area contributed by atoms with Gasteiger partial charge in [0.05, 0.1) is 0 Å². The number of methoxy groups -OCH3 is 1. The lowest BCUT2D eigenvalue weighted by Crippen LogP contribution is -2.51. The molecule has 0 radical (unpaired) electrons. The quantitative estimate of drug-likeness (QED) is 0.457. The van der Waals surface area contributed by atoms with Crippen molar-refractivity contribution < 1.29 is 18.3 Å². The van der Waals surface area contributed by atoms with E-state index in [9.17, 15) is 13.6 Å². The predicted octanol–water partition coefficient (Wildman–Crippen LogP) is 5.36. The summed E-state index contributed by atoms with van der Waals surface area (Å²) >= 11 is 1.29. The number of nitrogens with zero attached hydrogens (tertiary/aromatic N) is 2. The van der Waals surface area contributed by atoms with Gasteiger partial charge in [-0.3, -0.25) is 4.79 Å². The Kier molecular flexibility index (Phi) is 7.35. The molecule has 0 fully saturated rings. The molecule has 0 spiro atoms. The van der Waals surface area contributed by atoms with Gasteiger partial charge in [0, 0.05) is 18.2 Å². The van der Waals surface area contributed by atoms with Crippen LogP contribution in [0.15, 0.2) is 84.0 Å². The average molecular weight is 496 g/mol. The van der Waals surface area contributed by atoms with E-state index >= 15 is 0 Å². The number of thioether (sulfide) groups is 1. The van der Waals surface area contributed by atoms with Crippen LogP contribution in [0.4, 0.5) is 8.78 Å². The number of nitrogens with two attached hydrogens (primary N) is 1. The van der Waals surface area contributed by atoms with E-state index in [0.29, 0.717) is 24.4 Å². The molecule has 1 amide bonds. The van der Waals surface area contributed by atoms with Gasteiger partial charge in [-0.15, -0.1) is 0 Å². The van der Waals surface area contributed by atoms with Gasteiger partial charge >= 0.3 is 0 Å². The summed E-state index contributed by atoms with van der Waals surface area (Å²) in [6, 6.07) is 21.7. The fraction of sp³-hybridized carbons (Fsp3) is 0.259. The number of hydrogen-bond acceptors (Lipinski definition) is 5. The van der Waals surface area contributed by atoms with Crippen LogP contribution in [0.1, 0.15) is 36.5 Å². The van der Waals surface area contributed by atoms with Crippen molar-refractivity contribution in [3.05, 3.63) is 107 Å². The maximum absolute atomic E-state index is 14.9. The molecular weight excluding hydrogens is 468 g/mol. The number of carbonyl (C=O) groups is 1. The molecule has 182 valence electrons. The molecule has 0 aliphatic carbocycles. The Balaban J connectivity index is 1.91. The number of halogens is 2. The Labute approximate surface area is 208 Å². The zero-order chi connectivity index (χ0) is 25.1. The first-order chi connectivity index (χ1) is 16.9. The van der Waals surface area contributed by atoms with Gasteiger partial charge in [-0.1, -0.05) is 72.4 Å². The van der Waals surface area contributed by atoms with Crippen molar-refractivity contribution in [2.45, 2.75) is 30.2 Å². The molecule has 1 heterocycles. The van der Waals surface area contributed by atoms with Crippen LogP contribution in [0.25, 0.3) is 0 Å². The van der Waals surface area contributed by atoms with Gasteiger partial charge in [0.1, 0.15) is 21.5 Å². The first kappa shape index (κ1) is 25.0.